The molecule has 1 aliphatic carbocycles. The topological polar surface area (TPSA) is 52.9 Å². The number of nitriles is 1. The van der Waals surface area contributed by atoms with Crippen molar-refractivity contribution >= 4 is 17.7 Å². The van der Waals surface area contributed by atoms with E-state index in [4.69, 9.17) is 0 Å². The van der Waals surface area contributed by atoms with E-state index in [1.54, 1.807) is 11.8 Å². The first-order valence-electron chi connectivity index (χ1n) is 7.20. The fraction of sp³-hybridized carbons (Fsp3) is 0.500. The van der Waals surface area contributed by atoms with E-state index in [2.05, 4.69) is 23.5 Å². The molecule has 0 aromatic heterocycles. The molecule has 2 aliphatic rings. The molecule has 1 aliphatic heterocycles. The maximum Gasteiger partial charge on any atom is 0.235 e. The zero-order chi connectivity index (χ0) is 14.0. The monoisotopic (exact) mass is 286 g/mol. The average Bonchev–Trinajstić information content (AvgIpc) is 2.92. The molecule has 1 saturated carbocycles. The molecule has 1 heterocycles. The van der Waals surface area contributed by atoms with Crippen LogP contribution in [0.25, 0.3) is 0 Å². The lowest BCUT2D eigenvalue weighted by molar-refractivity contribution is -0.122. The maximum absolute atomic E-state index is 12.5. The van der Waals surface area contributed by atoms with E-state index in [1.807, 2.05) is 12.1 Å². The number of nitrogens with zero attached hydrogens (tertiary/aromatic N) is 1. The van der Waals surface area contributed by atoms with Crippen LogP contribution in [0.15, 0.2) is 29.2 Å². The summed E-state index contributed by atoms with van der Waals surface area (Å²) < 4.78 is 0. The highest BCUT2D eigenvalue weighted by molar-refractivity contribution is 8.01. The van der Waals surface area contributed by atoms with Crippen molar-refractivity contribution in [2.75, 3.05) is 0 Å². The Balaban J connectivity index is 1.68. The van der Waals surface area contributed by atoms with Gasteiger partial charge in [0, 0.05) is 4.90 Å². The lowest BCUT2D eigenvalue weighted by Gasteiger charge is -2.32. The normalized spacial score (nSPS) is 23.6. The van der Waals surface area contributed by atoms with Gasteiger partial charge in [-0.3, -0.25) is 4.79 Å². The van der Waals surface area contributed by atoms with Gasteiger partial charge in [-0.1, -0.05) is 37.5 Å². The van der Waals surface area contributed by atoms with Crippen LogP contribution in [0.5, 0.6) is 0 Å². The highest BCUT2D eigenvalue weighted by Gasteiger charge is 2.37. The molecule has 3 nitrogen and oxygen atoms in total. The predicted octanol–water partition coefficient (Wildman–Crippen LogP) is 3.05. The first-order valence-corrected chi connectivity index (χ1v) is 8.08. The van der Waals surface area contributed by atoms with Crippen molar-refractivity contribution in [2.24, 2.45) is 0 Å². The van der Waals surface area contributed by atoms with Gasteiger partial charge in [0.1, 0.15) is 5.54 Å². The van der Waals surface area contributed by atoms with Crippen molar-refractivity contribution in [3.05, 3.63) is 29.8 Å². The van der Waals surface area contributed by atoms with Gasteiger partial charge in [-0.15, -0.1) is 11.8 Å². The first kappa shape index (κ1) is 13.5. The van der Waals surface area contributed by atoms with Gasteiger partial charge in [-0.2, -0.15) is 5.26 Å². The van der Waals surface area contributed by atoms with Crippen LogP contribution >= 0.6 is 11.8 Å². The molecule has 1 atom stereocenters. The molecule has 1 aromatic carbocycles. The predicted molar refractivity (Wildman–Crippen MR) is 79.4 cm³/mol. The van der Waals surface area contributed by atoms with Gasteiger partial charge < -0.3 is 5.32 Å². The molecule has 1 N–H and O–H groups in total. The molecule has 0 spiro atoms. The van der Waals surface area contributed by atoms with E-state index in [-0.39, 0.29) is 11.2 Å². The van der Waals surface area contributed by atoms with Gasteiger partial charge in [-0.25, -0.2) is 0 Å². The van der Waals surface area contributed by atoms with Crippen molar-refractivity contribution in [3.8, 4) is 6.07 Å². The van der Waals surface area contributed by atoms with E-state index in [9.17, 15) is 10.1 Å². The zero-order valence-electron chi connectivity index (χ0n) is 11.4. The molecular formula is C16H18N2OS. The third-order valence-electron chi connectivity index (χ3n) is 4.22. The van der Waals surface area contributed by atoms with E-state index in [0.717, 1.165) is 32.1 Å². The quantitative estimate of drug-likeness (QED) is 0.909. The minimum atomic E-state index is -0.620. The van der Waals surface area contributed by atoms with Crippen LogP contribution < -0.4 is 5.32 Å². The summed E-state index contributed by atoms with van der Waals surface area (Å²) in [5, 5.41) is 12.4. The fourth-order valence-corrected chi connectivity index (χ4v) is 4.26. The number of rotatable bonds is 2. The Labute approximate surface area is 123 Å². The standard InChI is InChI=1S/C16H18N2OS/c17-11-16(8-4-1-5-9-16)18-15(19)14-10-12-6-2-3-7-13(12)20-14/h2-3,6-7,14H,1,4-5,8-10H2,(H,18,19). The Morgan fingerprint density at radius 3 is 2.75 bits per heavy atom. The van der Waals surface area contributed by atoms with Gasteiger partial charge >= 0.3 is 0 Å². The molecule has 0 radical (unpaired) electrons. The number of nitrogens with one attached hydrogen (secondary N) is 1. The zero-order valence-corrected chi connectivity index (χ0v) is 12.2. The van der Waals surface area contributed by atoms with Gasteiger partial charge in [-0.05, 0) is 30.9 Å². The van der Waals surface area contributed by atoms with Crippen molar-refractivity contribution in [3.63, 3.8) is 0 Å². The van der Waals surface area contributed by atoms with Crippen LogP contribution in [0.4, 0.5) is 0 Å². The SMILES string of the molecule is N#CC1(NC(=O)C2Cc3ccccc3S2)CCCCC1. The second-order valence-corrected chi connectivity index (χ2v) is 6.91. The largest absolute Gasteiger partial charge is 0.337 e. The lowest BCUT2D eigenvalue weighted by Crippen LogP contribution is -2.51. The summed E-state index contributed by atoms with van der Waals surface area (Å²) >= 11 is 1.62. The number of fused-ring (bicyclic) bond motifs is 1. The number of carbonyl (C=O) groups is 1. The molecule has 0 bridgehead atoms. The van der Waals surface area contributed by atoms with Crippen molar-refractivity contribution in [1.29, 1.82) is 5.26 Å². The molecule has 104 valence electrons. The number of amides is 1. The molecular weight excluding hydrogens is 268 g/mol. The minimum absolute atomic E-state index is 0.0228. The number of carbonyl (C=O) groups excluding carboxylic acids is 1. The average molecular weight is 286 g/mol. The van der Waals surface area contributed by atoms with Crippen molar-refractivity contribution in [1.82, 2.24) is 5.32 Å². The van der Waals surface area contributed by atoms with Crippen LogP contribution in [0.1, 0.15) is 37.7 Å². The first-order chi connectivity index (χ1) is 9.72. The van der Waals surface area contributed by atoms with E-state index in [0.29, 0.717) is 0 Å². The van der Waals surface area contributed by atoms with Gasteiger partial charge in [0.05, 0.1) is 11.3 Å². The fourth-order valence-electron chi connectivity index (χ4n) is 3.06. The Hall–Kier alpha value is -1.47. The molecule has 1 fully saturated rings. The minimum Gasteiger partial charge on any atom is -0.337 e. The molecule has 0 saturated heterocycles. The smallest absolute Gasteiger partial charge is 0.235 e. The third kappa shape index (κ3) is 2.55. The molecule has 3 rings (SSSR count). The van der Waals surface area contributed by atoms with Gasteiger partial charge in [0.2, 0.25) is 5.91 Å². The molecule has 20 heavy (non-hydrogen) atoms. The van der Waals surface area contributed by atoms with Crippen molar-refractivity contribution in [2.45, 2.75) is 54.2 Å². The Morgan fingerprint density at radius 1 is 1.30 bits per heavy atom. The van der Waals surface area contributed by atoms with Gasteiger partial charge in [0.15, 0.2) is 0 Å². The molecule has 1 amide bonds. The highest BCUT2D eigenvalue weighted by Crippen LogP contribution is 2.37. The lowest BCUT2D eigenvalue weighted by atomic mass is 9.82. The van der Waals surface area contributed by atoms with E-state index in [1.165, 1.54) is 16.9 Å². The maximum atomic E-state index is 12.5. The van der Waals surface area contributed by atoms with Crippen LogP contribution in [0, 0.1) is 11.3 Å². The summed E-state index contributed by atoms with van der Waals surface area (Å²) in [5.74, 6) is 0.0228. The molecule has 1 unspecified atom stereocenters. The highest BCUT2D eigenvalue weighted by atomic mass is 32.2. The summed E-state index contributed by atoms with van der Waals surface area (Å²) in [6.07, 6.45) is 5.59. The summed E-state index contributed by atoms with van der Waals surface area (Å²) in [6, 6.07) is 10.5. The Kier molecular flexibility index (Phi) is 3.71. The number of thioether (sulfide) groups is 1. The number of hydrogen-bond donors (Lipinski definition) is 1. The second kappa shape index (κ2) is 5.49. The molecule has 4 heteroatoms. The third-order valence-corrected chi connectivity index (χ3v) is 5.54. The second-order valence-electron chi connectivity index (χ2n) is 5.66. The number of hydrogen-bond acceptors (Lipinski definition) is 3. The van der Waals surface area contributed by atoms with E-state index < -0.39 is 5.54 Å². The van der Waals surface area contributed by atoms with E-state index >= 15 is 0 Å². The van der Waals surface area contributed by atoms with Gasteiger partial charge in [0.25, 0.3) is 0 Å². The van der Waals surface area contributed by atoms with Crippen LogP contribution in [-0.4, -0.2) is 16.7 Å². The summed E-state index contributed by atoms with van der Waals surface area (Å²) in [4.78, 5) is 13.7. The van der Waals surface area contributed by atoms with Crippen LogP contribution in [-0.2, 0) is 11.2 Å². The summed E-state index contributed by atoms with van der Waals surface area (Å²) in [7, 11) is 0. The van der Waals surface area contributed by atoms with Crippen molar-refractivity contribution < 1.29 is 4.79 Å². The summed E-state index contributed by atoms with van der Waals surface area (Å²) in [5.41, 5.74) is 0.623. The summed E-state index contributed by atoms with van der Waals surface area (Å²) in [6.45, 7) is 0. The van der Waals surface area contributed by atoms with Crippen LogP contribution in [0.2, 0.25) is 0 Å². The number of benzene rings is 1. The Morgan fingerprint density at radius 2 is 2.05 bits per heavy atom. The van der Waals surface area contributed by atoms with Crippen LogP contribution in [0.3, 0.4) is 0 Å². The Bertz CT molecular complexity index is 533. The molecule has 1 aromatic rings.